The normalized spacial score (nSPS) is 12.0. The van der Waals surface area contributed by atoms with E-state index in [1.807, 2.05) is 0 Å². The smallest absolute Gasteiger partial charge is 0.413 e. The summed E-state index contributed by atoms with van der Waals surface area (Å²) in [6.07, 6.45) is -0.616. The van der Waals surface area contributed by atoms with Crippen LogP contribution in [0.15, 0.2) is 12.1 Å². The Bertz CT molecular complexity index is 699. The molecule has 0 fully saturated rings. The molecule has 0 spiro atoms. The number of fused-ring (bicyclic) bond motifs is 1. The number of benzene rings is 1. The summed E-state index contributed by atoms with van der Waals surface area (Å²) < 4.78 is 10.4. The Hall–Kier alpha value is -1.67. The minimum absolute atomic E-state index is 0.0593. The van der Waals surface area contributed by atoms with Crippen LogP contribution in [0.1, 0.15) is 17.3 Å². The number of ether oxygens (including phenoxy) is 2. The average Bonchev–Trinajstić information content (AvgIpc) is 2.88. The number of amides is 1. The van der Waals surface area contributed by atoms with E-state index in [9.17, 15) is 9.59 Å². The standard InChI is InChI=1S/C13H13BrN2O4S/c1-6(14)10(17)7-4-5-8(19-2)9-11(7)21-12(15-9)16-13(18)20-3/h4-6H,1-3H3,(H,15,16,18). The van der Waals surface area contributed by atoms with Gasteiger partial charge in [-0.25, -0.2) is 9.78 Å². The maximum absolute atomic E-state index is 12.2. The van der Waals surface area contributed by atoms with Crippen LogP contribution in [0.3, 0.4) is 0 Å². The molecule has 1 atom stereocenters. The van der Waals surface area contributed by atoms with Crippen LogP contribution in [0.5, 0.6) is 5.75 Å². The lowest BCUT2D eigenvalue weighted by molar-refractivity contribution is 0.0997. The SMILES string of the molecule is COC(=O)Nc1nc2c(OC)ccc(C(=O)C(C)Br)c2s1. The largest absolute Gasteiger partial charge is 0.494 e. The molecule has 1 heterocycles. The van der Waals surface area contributed by atoms with E-state index in [2.05, 4.69) is 31.0 Å². The number of carbonyl (C=O) groups is 2. The maximum atomic E-state index is 12.2. The van der Waals surface area contributed by atoms with Crippen molar-refractivity contribution in [3.63, 3.8) is 0 Å². The molecule has 0 saturated carbocycles. The van der Waals surface area contributed by atoms with Gasteiger partial charge in [0.05, 0.1) is 23.7 Å². The lowest BCUT2D eigenvalue weighted by Gasteiger charge is -2.06. The van der Waals surface area contributed by atoms with E-state index in [-0.39, 0.29) is 10.6 Å². The summed E-state index contributed by atoms with van der Waals surface area (Å²) in [6, 6.07) is 3.38. The van der Waals surface area contributed by atoms with Crippen LogP contribution in [0, 0.1) is 0 Å². The zero-order valence-corrected chi connectivity index (χ0v) is 14.0. The molecule has 2 rings (SSSR count). The molecule has 21 heavy (non-hydrogen) atoms. The lowest BCUT2D eigenvalue weighted by atomic mass is 10.1. The monoisotopic (exact) mass is 372 g/mol. The van der Waals surface area contributed by atoms with Crippen molar-refractivity contribution in [1.82, 2.24) is 4.98 Å². The van der Waals surface area contributed by atoms with Crippen molar-refractivity contribution in [3.05, 3.63) is 17.7 Å². The summed E-state index contributed by atoms with van der Waals surface area (Å²) in [6.45, 7) is 1.76. The molecule has 2 aromatic rings. The van der Waals surface area contributed by atoms with E-state index in [0.29, 0.717) is 26.7 Å². The van der Waals surface area contributed by atoms with E-state index in [0.717, 1.165) is 0 Å². The number of nitrogens with one attached hydrogen (secondary N) is 1. The second-order valence-electron chi connectivity index (χ2n) is 4.11. The Morgan fingerprint density at radius 2 is 2.10 bits per heavy atom. The van der Waals surface area contributed by atoms with Gasteiger partial charge in [-0.2, -0.15) is 0 Å². The highest BCUT2D eigenvalue weighted by Gasteiger charge is 2.20. The predicted octanol–water partition coefficient (Wildman–Crippen LogP) is 3.45. The number of anilines is 1. The van der Waals surface area contributed by atoms with Gasteiger partial charge in [0.2, 0.25) is 0 Å². The van der Waals surface area contributed by atoms with Crippen LogP contribution in [-0.2, 0) is 4.74 Å². The number of halogens is 1. The number of hydrogen-bond acceptors (Lipinski definition) is 6. The molecule has 1 unspecified atom stereocenters. The van der Waals surface area contributed by atoms with Gasteiger partial charge in [-0.1, -0.05) is 27.3 Å². The highest BCUT2D eigenvalue weighted by molar-refractivity contribution is 9.10. The number of Topliss-reactive ketones (excluding diaryl/α,β-unsaturated/α-hetero) is 1. The number of methoxy groups -OCH3 is 2. The average molecular weight is 373 g/mol. The zero-order chi connectivity index (χ0) is 15.6. The van der Waals surface area contributed by atoms with Gasteiger partial charge < -0.3 is 9.47 Å². The van der Waals surface area contributed by atoms with Gasteiger partial charge in [0.25, 0.3) is 0 Å². The first-order valence-corrected chi connectivity index (χ1v) is 7.72. The Kier molecular flexibility index (Phi) is 4.79. The van der Waals surface area contributed by atoms with Crippen molar-refractivity contribution in [1.29, 1.82) is 0 Å². The number of thiazole rings is 1. The van der Waals surface area contributed by atoms with Crippen LogP contribution in [0.25, 0.3) is 10.2 Å². The van der Waals surface area contributed by atoms with Crippen LogP contribution < -0.4 is 10.1 Å². The van der Waals surface area contributed by atoms with E-state index < -0.39 is 6.09 Å². The first-order valence-electron chi connectivity index (χ1n) is 5.98. The fraction of sp³-hybridized carbons (Fsp3) is 0.308. The Morgan fingerprint density at radius 1 is 1.38 bits per heavy atom. The van der Waals surface area contributed by atoms with Gasteiger partial charge in [-0.3, -0.25) is 10.1 Å². The third-order valence-electron chi connectivity index (χ3n) is 2.75. The summed E-state index contributed by atoms with van der Waals surface area (Å²) in [5, 5.41) is 2.84. The molecule has 6 nitrogen and oxygen atoms in total. The highest BCUT2D eigenvalue weighted by atomic mass is 79.9. The number of ketones is 1. The molecule has 1 amide bonds. The summed E-state index contributed by atoms with van der Waals surface area (Å²) in [5.41, 5.74) is 1.07. The molecule has 0 saturated heterocycles. The van der Waals surface area contributed by atoms with E-state index in [1.54, 1.807) is 19.1 Å². The van der Waals surface area contributed by atoms with Crippen LogP contribution in [0.2, 0.25) is 0 Å². The van der Waals surface area contributed by atoms with Gasteiger partial charge in [-0.15, -0.1) is 0 Å². The van der Waals surface area contributed by atoms with Crippen LogP contribution in [-0.4, -0.2) is 35.9 Å². The maximum Gasteiger partial charge on any atom is 0.413 e. The summed E-state index contributed by atoms with van der Waals surface area (Å²) in [5.74, 6) is 0.480. The van der Waals surface area contributed by atoms with Gasteiger partial charge >= 0.3 is 6.09 Å². The first kappa shape index (κ1) is 15.7. The minimum Gasteiger partial charge on any atom is -0.494 e. The molecule has 1 N–H and O–H groups in total. The Labute approximate surface area is 133 Å². The third-order valence-corrected chi connectivity index (χ3v) is 4.17. The summed E-state index contributed by atoms with van der Waals surface area (Å²) >= 11 is 4.47. The number of nitrogens with zero attached hydrogens (tertiary/aromatic N) is 1. The number of rotatable bonds is 4. The van der Waals surface area contributed by atoms with E-state index in [1.165, 1.54) is 25.6 Å². The van der Waals surface area contributed by atoms with Crippen molar-refractivity contribution in [2.24, 2.45) is 0 Å². The fourth-order valence-electron chi connectivity index (χ4n) is 1.75. The van der Waals surface area contributed by atoms with Gasteiger partial charge in [0, 0.05) is 5.56 Å². The Morgan fingerprint density at radius 3 is 2.67 bits per heavy atom. The molecule has 0 aliphatic heterocycles. The molecular formula is C13H13BrN2O4S. The summed E-state index contributed by atoms with van der Waals surface area (Å²) in [4.78, 5) is 27.5. The predicted molar refractivity (Wildman–Crippen MR) is 84.9 cm³/mol. The number of hydrogen-bond donors (Lipinski definition) is 1. The quantitative estimate of drug-likeness (QED) is 0.656. The molecule has 8 heteroatoms. The number of aromatic nitrogens is 1. The first-order chi connectivity index (χ1) is 9.97. The van der Waals surface area contributed by atoms with Crippen LogP contribution >= 0.6 is 27.3 Å². The van der Waals surface area contributed by atoms with Crippen molar-refractivity contribution < 1.29 is 19.1 Å². The molecule has 0 aliphatic carbocycles. The molecule has 0 bridgehead atoms. The highest BCUT2D eigenvalue weighted by Crippen LogP contribution is 2.36. The van der Waals surface area contributed by atoms with Crippen molar-refractivity contribution in [2.45, 2.75) is 11.8 Å². The van der Waals surface area contributed by atoms with Crippen molar-refractivity contribution in [2.75, 3.05) is 19.5 Å². The van der Waals surface area contributed by atoms with Crippen molar-refractivity contribution >= 4 is 54.5 Å². The van der Waals surface area contributed by atoms with E-state index >= 15 is 0 Å². The minimum atomic E-state index is -0.616. The molecule has 112 valence electrons. The lowest BCUT2D eigenvalue weighted by Crippen LogP contribution is -2.10. The number of carbonyl (C=O) groups excluding carboxylic acids is 2. The van der Waals surface area contributed by atoms with Crippen molar-refractivity contribution in [3.8, 4) is 5.75 Å². The fourth-order valence-corrected chi connectivity index (χ4v) is 2.98. The molecular weight excluding hydrogens is 360 g/mol. The van der Waals surface area contributed by atoms with Gasteiger partial charge in [0.15, 0.2) is 10.9 Å². The Balaban J connectivity index is 2.57. The number of alkyl halides is 1. The molecule has 1 aromatic carbocycles. The van der Waals surface area contributed by atoms with Gasteiger partial charge in [-0.05, 0) is 19.1 Å². The second kappa shape index (κ2) is 6.40. The third kappa shape index (κ3) is 3.16. The van der Waals surface area contributed by atoms with Gasteiger partial charge in [0.1, 0.15) is 11.3 Å². The van der Waals surface area contributed by atoms with E-state index in [4.69, 9.17) is 4.74 Å². The topological polar surface area (TPSA) is 77.5 Å². The van der Waals surface area contributed by atoms with Crippen LogP contribution in [0.4, 0.5) is 9.93 Å². The summed E-state index contributed by atoms with van der Waals surface area (Å²) in [7, 11) is 2.79. The zero-order valence-electron chi connectivity index (χ0n) is 11.6. The molecule has 1 aromatic heterocycles. The molecule has 0 aliphatic rings. The second-order valence-corrected chi connectivity index (χ2v) is 6.48. The molecule has 0 radical (unpaired) electrons.